The van der Waals surface area contributed by atoms with Crippen LogP contribution in [0.4, 0.5) is 18.9 Å². The van der Waals surface area contributed by atoms with E-state index in [9.17, 15) is 23.1 Å². The molecule has 0 saturated heterocycles. The molecule has 10 heteroatoms. The van der Waals surface area contributed by atoms with Crippen LogP contribution in [-0.2, 0) is 16.6 Å². The maximum Gasteiger partial charge on any atom is 0.416 e. The monoisotopic (exact) mass is 566 g/mol. The van der Waals surface area contributed by atoms with Crippen LogP contribution in [0.1, 0.15) is 43.4 Å². The third-order valence-corrected chi connectivity index (χ3v) is 8.28. The Balaban J connectivity index is 1.66. The van der Waals surface area contributed by atoms with Gasteiger partial charge in [0.15, 0.2) is 5.60 Å². The first-order valence-corrected chi connectivity index (χ1v) is 13.3. The number of alkyl halides is 3. The summed E-state index contributed by atoms with van der Waals surface area (Å²) in [5.41, 5.74) is -4.31. The number of carbonyl (C=O) groups is 1. The van der Waals surface area contributed by atoms with Crippen LogP contribution in [0.5, 0.6) is 0 Å². The topological polar surface area (TPSA) is 56.9 Å². The van der Waals surface area contributed by atoms with E-state index in [0.29, 0.717) is 6.04 Å². The zero-order valence-electron chi connectivity index (χ0n) is 20.9. The Hall–Kier alpha value is -2.52. The van der Waals surface area contributed by atoms with Gasteiger partial charge >= 0.3 is 6.18 Å². The van der Waals surface area contributed by atoms with Crippen LogP contribution in [-0.4, -0.2) is 41.6 Å². The van der Waals surface area contributed by atoms with Crippen LogP contribution in [0, 0.1) is 5.92 Å². The number of aliphatic hydroxyl groups is 1. The largest absolute Gasteiger partial charge is 0.464 e. The van der Waals surface area contributed by atoms with Gasteiger partial charge in [-0.15, -0.1) is 0 Å². The summed E-state index contributed by atoms with van der Waals surface area (Å²) < 4.78 is 49.1. The smallest absolute Gasteiger partial charge is 0.416 e. The van der Waals surface area contributed by atoms with E-state index in [1.807, 2.05) is 0 Å². The van der Waals surface area contributed by atoms with Gasteiger partial charge in [0.25, 0.3) is 5.91 Å². The number of nitrogens with zero attached hydrogens (tertiary/aromatic N) is 2. The van der Waals surface area contributed by atoms with Gasteiger partial charge in [0.05, 0.1) is 17.5 Å². The lowest BCUT2D eigenvalue weighted by Crippen LogP contribution is -2.50. The van der Waals surface area contributed by atoms with Crippen molar-refractivity contribution in [2.45, 2.75) is 44.5 Å². The molecule has 2 aromatic carbocycles. The Morgan fingerprint density at radius 2 is 1.84 bits per heavy atom. The molecule has 3 aromatic rings. The maximum atomic E-state index is 14.6. The molecule has 1 aromatic heterocycles. The molecule has 1 aliphatic carbocycles. The van der Waals surface area contributed by atoms with E-state index in [2.05, 4.69) is 18.7 Å². The number of fused-ring (bicyclic) bond motifs is 1. The minimum Gasteiger partial charge on any atom is -0.464 e. The molecule has 1 aliphatic heterocycles. The SMILES string of the molecule is CCN(CC)C1CC(CN2C(=O)C(O)(c3ccc(Cl)cc3Cl)c3c2cc(-c2ccco2)cc3C(F)(F)F)C1. The van der Waals surface area contributed by atoms with Crippen LogP contribution in [0.25, 0.3) is 11.3 Å². The van der Waals surface area contributed by atoms with Gasteiger partial charge in [-0.05, 0) is 68.2 Å². The van der Waals surface area contributed by atoms with Crippen molar-refractivity contribution in [3.05, 3.63) is 75.5 Å². The van der Waals surface area contributed by atoms with Gasteiger partial charge in [0.1, 0.15) is 5.76 Å². The average molecular weight is 567 g/mol. The van der Waals surface area contributed by atoms with Gasteiger partial charge < -0.3 is 19.3 Å². The zero-order valence-corrected chi connectivity index (χ0v) is 22.4. The van der Waals surface area contributed by atoms with E-state index in [1.165, 1.54) is 35.4 Å². The van der Waals surface area contributed by atoms with Gasteiger partial charge in [0, 0.05) is 39.3 Å². The predicted octanol–water partition coefficient (Wildman–Crippen LogP) is 6.98. The summed E-state index contributed by atoms with van der Waals surface area (Å²) >= 11 is 12.4. The summed E-state index contributed by atoms with van der Waals surface area (Å²) in [4.78, 5) is 17.6. The maximum absolute atomic E-state index is 14.6. The van der Waals surface area contributed by atoms with Crippen molar-refractivity contribution in [3.8, 4) is 11.3 Å². The molecule has 202 valence electrons. The summed E-state index contributed by atoms with van der Waals surface area (Å²) in [6, 6.07) is 9.86. The summed E-state index contributed by atoms with van der Waals surface area (Å²) in [6.45, 7) is 6.14. The van der Waals surface area contributed by atoms with Crippen molar-refractivity contribution < 1.29 is 27.5 Å². The number of halogens is 5. The molecule has 0 bridgehead atoms. The van der Waals surface area contributed by atoms with E-state index < -0.39 is 28.8 Å². The Morgan fingerprint density at radius 1 is 1.13 bits per heavy atom. The molecular weight excluding hydrogens is 540 g/mol. The number of anilines is 1. The quantitative estimate of drug-likeness (QED) is 0.335. The predicted molar refractivity (Wildman–Crippen MR) is 140 cm³/mol. The number of hydrogen-bond donors (Lipinski definition) is 1. The number of amides is 1. The van der Waals surface area contributed by atoms with Gasteiger partial charge in [-0.3, -0.25) is 4.79 Å². The van der Waals surface area contributed by atoms with Crippen molar-refractivity contribution in [1.29, 1.82) is 0 Å². The molecule has 5 rings (SSSR count). The van der Waals surface area contributed by atoms with Crippen LogP contribution in [0.15, 0.2) is 53.1 Å². The third-order valence-electron chi connectivity index (χ3n) is 7.74. The van der Waals surface area contributed by atoms with Gasteiger partial charge in [-0.1, -0.05) is 43.1 Å². The summed E-state index contributed by atoms with van der Waals surface area (Å²) in [6.07, 6.45) is -1.89. The van der Waals surface area contributed by atoms with Gasteiger partial charge in [-0.25, -0.2) is 0 Å². The molecule has 5 nitrogen and oxygen atoms in total. The normalized spacial score (nSPS) is 23.2. The lowest BCUT2D eigenvalue weighted by Gasteiger charge is -2.43. The Labute approximate surface area is 228 Å². The van der Waals surface area contributed by atoms with E-state index in [4.69, 9.17) is 27.6 Å². The Morgan fingerprint density at radius 3 is 2.42 bits per heavy atom. The fourth-order valence-corrected chi connectivity index (χ4v) is 6.35. The van der Waals surface area contributed by atoms with Crippen molar-refractivity contribution in [1.82, 2.24) is 4.90 Å². The second-order valence-corrected chi connectivity index (χ2v) is 10.7. The first kappa shape index (κ1) is 27.1. The highest BCUT2D eigenvalue weighted by Crippen LogP contribution is 2.53. The molecular formula is C28H27Cl2F3N2O3. The number of furan rings is 1. The van der Waals surface area contributed by atoms with E-state index in [0.717, 1.165) is 32.0 Å². The summed E-state index contributed by atoms with van der Waals surface area (Å²) in [5.74, 6) is -0.581. The molecule has 38 heavy (non-hydrogen) atoms. The van der Waals surface area contributed by atoms with E-state index in [1.54, 1.807) is 12.1 Å². The van der Waals surface area contributed by atoms with Crippen LogP contribution in [0.3, 0.4) is 0 Å². The lowest BCUT2D eigenvalue weighted by molar-refractivity contribution is -0.142. The molecule has 0 spiro atoms. The fourth-order valence-electron chi connectivity index (χ4n) is 5.80. The molecule has 2 heterocycles. The Bertz CT molecular complexity index is 1350. The second-order valence-electron chi connectivity index (χ2n) is 9.86. The van der Waals surface area contributed by atoms with E-state index in [-0.39, 0.29) is 45.1 Å². The summed E-state index contributed by atoms with van der Waals surface area (Å²) in [5, 5.41) is 12.1. The van der Waals surface area contributed by atoms with Crippen molar-refractivity contribution >= 4 is 34.8 Å². The standard InChI is InChI=1S/C28H27Cl2F3N2O3/c1-3-34(4-2)19-10-16(11-19)15-35-23-13-17(24-6-5-9-38-24)12-21(28(31,32)33)25(23)27(37,26(35)36)20-8-7-18(29)14-22(20)30/h5-9,12-14,16,19,37H,3-4,10-11,15H2,1-2H3. The lowest BCUT2D eigenvalue weighted by atomic mass is 9.78. The zero-order chi connectivity index (χ0) is 27.4. The Kier molecular flexibility index (Phi) is 7.05. The molecule has 2 aliphatic rings. The van der Waals surface area contributed by atoms with Gasteiger partial charge in [-0.2, -0.15) is 13.2 Å². The molecule has 1 amide bonds. The number of benzene rings is 2. The fraction of sp³-hybridized carbons (Fsp3) is 0.393. The van der Waals surface area contributed by atoms with Crippen LogP contribution in [0.2, 0.25) is 10.0 Å². The molecule has 0 radical (unpaired) electrons. The molecule has 1 saturated carbocycles. The minimum atomic E-state index is -4.87. The van der Waals surface area contributed by atoms with Crippen molar-refractivity contribution in [2.75, 3.05) is 24.5 Å². The van der Waals surface area contributed by atoms with Crippen molar-refractivity contribution in [3.63, 3.8) is 0 Å². The molecule has 1 fully saturated rings. The first-order valence-electron chi connectivity index (χ1n) is 12.5. The number of hydrogen-bond acceptors (Lipinski definition) is 4. The van der Waals surface area contributed by atoms with Crippen LogP contribution >= 0.6 is 23.2 Å². The van der Waals surface area contributed by atoms with Crippen molar-refractivity contribution in [2.24, 2.45) is 5.92 Å². The second kappa shape index (κ2) is 9.90. The highest BCUT2D eigenvalue weighted by Gasteiger charge is 2.57. The molecule has 1 atom stereocenters. The first-order chi connectivity index (χ1) is 18.0. The highest BCUT2D eigenvalue weighted by molar-refractivity contribution is 6.35. The van der Waals surface area contributed by atoms with Crippen LogP contribution < -0.4 is 4.90 Å². The molecule has 1 N–H and O–H groups in total. The number of carbonyl (C=O) groups excluding carboxylic acids is 1. The average Bonchev–Trinajstić information content (AvgIpc) is 3.44. The number of rotatable bonds is 7. The molecule has 1 unspecified atom stereocenters. The highest BCUT2D eigenvalue weighted by atomic mass is 35.5. The summed E-state index contributed by atoms with van der Waals surface area (Å²) in [7, 11) is 0. The minimum absolute atomic E-state index is 0.00368. The van der Waals surface area contributed by atoms with Gasteiger partial charge in [0.2, 0.25) is 0 Å². The van der Waals surface area contributed by atoms with E-state index >= 15 is 0 Å². The third kappa shape index (κ3) is 4.41.